The normalized spacial score (nSPS) is 22.0. The molecule has 1 aliphatic heterocycles. The van der Waals surface area contributed by atoms with Gasteiger partial charge >= 0.3 is 12.0 Å². The minimum Gasteiger partial charge on any atom is -0.478 e. The Kier molecular flexibility index (Phi) is 4.88. The maximum atomic E-state index is 12.4. The highest BCUT2D eigenvalue weighted by atomic mass is 79.9. The van der Waals surface area contributed by atoms with Crippen LogP contribution in [-0.2, 0) is 0 Å². The molecule has 21 heavy (non-hydrogen) atoms. The van der Waals surface area contributed by atoms with Crippen LogP contribution in [0.5, 0.6) is 0 Å². The van der Waals surface area contributed by atoms with Crippen molar-refractivity contribution < 1.29 is 14.7 Å². The van der Waals surface area contributed by atoms with E-state index in [2.05, 4.69) is 28.2 Å². The van der Waals surface area contributed by atoms with Gasteiger partial charge in [-0.05, 0) is 43.9 Å². The monoisotopic (exact) mass is 354 g/mol. The second-order valence-corrected chi connectivity index (χ2v) is 6.51. The summed E-state index contributed by atoms with van der Waals surface area (Å²) in [6.45, 7) is 4.91. The summed E-state index contributed by atoms with van der Waals surface area (Å²) in [6.07, 6.45) is 1.95. The van der Waals surface area contributed by atoms with Gasteiger partial charge in [0.05, 0.1) is 11.3 Å². The van der Waals surface area contributed by atoms with Crippen LogP contribution in [0.3, 0.4) is 0 Å². The molecule has 2 rings (SSSR count). The Morgan fingerprint density at radius 1 is 1.38 bits per heavy atom. The van der Waals surface area contributed by atoms with Gasteiger partial charge in [-0.2, -0.15) is 0 Å². The lowest BCUT2D eigenvalue weighted by atomic mass is 9.94. The average molecular weight is 355 g/mol. The molecular weight excluding hydrogens is 336 g/mol. The molecule has 0 radical (unpaired) electrons. The van der Waals surface area contributed by atoms with Gasteiger partial charge in [0.2, 0.25) is 0 Å². The van der Waals surface area contributed by atoms with Gasteiger partial charge in [-0.1, -0.05) is 22.9 Å². The lowest BCUT2D eigenvalue weighted by Gasteiger charge is -2.36. The summed E-state index contributed by atoms with van der Waals surface area (Å²) in [5.41, 5.74) is 0.400. The Bertz CT molecular complexity index is 562. The van der Waals surface area contributed by atoms with E-state index >= 15 is 0 Å². The van der Waals surface area contributed by atoms with Gasteiger partial charge in [-0.25, -0.2) is 9.59 Å². The zero-order chi connectivity index (χ0) is 15.6. The molecule has 1 aromatic carbocycles. The van der Waals surface area contributed by atoms with Crippen LogP contribution in [0.25, 0.3) is 0 Å². The summed E-state index contributed by atoms with van der Waals surface area (Å²) in [6, 6.07) is 4.73. The van der Waals surface area contributed by atoms with Crippen molar-refractivity contribution >= 4 is 33.6 Å². The first-order valence-electron chi connectivity index (χ1n) is 6.99. The van der Waals surface area contributed by atoms with Crippen LogP contribution in [0.4, 0.5) is 10.5 Å². The van der Waals surface area contributed by atoms with Gasteiger partial charge in [0.1, 0.15) is 0 Å². The highest BCUT2D eigenvalue weighted by Crippen LogP contribution is 2.25. The number of piperidine rings is 1. The number of urea groups is 1. The smallest absolute Gasteiger partial charge is 0.337 e. The molecule has 2 atom stereocenters. The molecule has 2 N–H and O–H groups in total. The fourth-order valence-electron chi connectivity index (χ4n) is 2.70. The first-order valence-corrected chi connectivity index (χ1v) is 7.78. The summed E-state index contributed by atoms with van der Waals surface area (Å²) in [7, 11) is 0. The number of nitrogens with zero attached hydrogens (tertiary/aromatic N) is 1. The number of anilines is 1. The molecule has 114 valence electrons. The molecule has 2 unspecified atom stereocenters. The van der Waals surface area contributed by atoms with E-state index in [0.29, 0.717) is 22.6 Å². The topological polar surface area (TPSA) is 69.6 Å². The summed E-state index contributed by atoms with van der Waals surface area (Å²) in [5, 5.41) is 11.9. The second kappa shape index (κ2) is 6.47. The van der Waals surface area contributed by atoms with Gasteiger partial charge in [0.15, 0.2) is 0 Å². The Morgan fingerprint density at radius 2 is 2.10 bits per heavy atom. The molecule has 5 nitrogen and oxygen atoms in total. The first kappa shape index (κ1) is 15.8. The van der Waals surface area contributed by atoms with Crippen LogP contribution in [-0.4, -0.2) is 34.6 Å². The molecule has 1 heterocycles. The molecule has 1 saturated heterocycles. The number of carbonyl (C=O) groups is 2. The third-order valence-corrected chi connectivity index (χ3v) is 4.35. The van der Waals surface area contributed by atoms with Crippen molar-refractivity contribution in [3.63, 3.8) is 0 Å². The summed E-state index contributed by atoms with van der Waals surface area (Å²) in [5.74, 6) is -0.446. The van der Waals surface area contributed by atoms with Gasteiger partial charge in [-0.3, -0.25) is 0 Å². The van der Waals surface area contributed by atoms with Crippen molar-refractivity contribution in [2.24, 2.45) is 5.92 Å². The number of aromatic carboxylic acids is 1. The largest absolute Gasteiger partial charge is 0.478 e. The third kappa shape index (κ3) is 3.75. The number of nitrogens with one attached hydrogen (secondary N) is 1. The fraction of sp³-hybridized carbons (Fsp3) is 0.467. The van der Waals surface area contributed by atoms with E-state index in [0.717, 1.165) is 12.8 Å². The Morgan fingerprint density at radius 3 is 2.71 bits per heavy atom. The van der Waals surface area contributed by atoms with E-state index in [1.165, 1.54) is 6.07 Å². The van der Waals surface area contributed by atoms with Crippen molar-refractivity contribution in [3.05, 3.63) is 28.2 Å². The molecule has 0 aromatic heterocycles. The molecule has 0 bridgehead atoms. The maximum absolute atomic E-state index is 12.4. The number of hydrogen-bond acceptors (Lipinski definition) is 2. The van der Waals surface area contributed by atoms with Crippen molar-refractivity contribution in [2.45, 2.75) is 32.7 Å². The van der Waals surface area contributed by atoms with E-state index in [1.807, 2.05) is 6.92 Å². The zero-order valence-corrected chi connectivity index (χ0v) is 13.7. The van der Waals surface area contributed by atoms with Crippen molar-refractivity contribution in [1.82, 2.24) is 4.90 Å². The number of hydrogen-bond donors (Lipinski definition) is 2. The summed E-state index contributed by atoms with van der Waals surface area (Å²) >= 11 is 3.24. The van der Waals surface area contributed by atoms with E-state index in [-0.39, 0.29) is 17.6 Å². The molecule has 0 spiro atoms. The van der Waals surface area contributed by atoms with Crippen LogP contribution < -0.4 is 5.32 Å². The second-order valence-electron chi connectivity index (χ2n) is 5.60. The molecule has 1 fully saturated rings. The number of carbonyl (C=O) groups excluding carboxylic acids is 1. The Balaban J connectivity index is 2.14. The van der Waals surface area contributed by atoms with Gasteiger partial charge < -0.3 is 15.3 Å². The minimum atomic E-state index is -1.06. The van der Waals surface area contributed by atoms with Crippen LogP contribution in [0.2, 0.25) is 0 Å². The SMILES string of the molecule is CC1CCN(C(=O)Nc2ccc(Br)cc2C(=O)O)C(C)C1. The van der Waals surface area contributed by atoms with Gasteiger partial charge in [0.25, 0.3) is 0 Å². The van der Waals surface area contributed by atoms with Gasteiger partial charge in [-0.15, -0.1) is 0 Å². The highest BCUT2D eigenvalue weighted by molar-refractivity contribution is 9.10. The number of carboxylic acids is 1. The van der Waals surface area contributed by atoms with E-state index < -0.39 is 5.97 Å². The zero-order valence-electron chi connectivity index (χ0n) is 12.1. The lowest BCUT2D eigenvalue weighted by molar-refractivity contribution is 0.0698. The number of rotatable bonds is 2. The number of benzene rings is 1. The van der Waals surface area contributed by atoms with Crippen molar-refractivity contribution in [2.75, 3.05) is 11.9 Å². The Labute approximate surface area is 132 Å². The molecule has 0 saturated carbocycles. The molecule has 1 aliphatic rings. The summed E-state index contributed by atoms with van der Waals surface area (Å²) < 4.78 is 0.665. The maximum Gasteiger partial charge on any atom is 0.337 e. The van der Waals surface area contributed by atoms with Crippen LogP contribution in [0, 0.1) is 5.92 Å². The first-order chi connectivity index (χ1) is 9.88. The van der Waals surface area contributed by atoms with Gasteiger partial charge in [0, 0.05) is 17.1 Å². The standard InChI is InChI=1S/C15H19BrN2O3/c1-9-5-6-18(10(2)7-9)15(21)17-13-4-3-11(16)8-12(13)14(19)20/h3-4,8-10H,5-7H2,1-2H3,(H,17,21)(H,19,20). The predicted octanol–water partition coefficient (Wildman–Crippen LogP) is 3.80. The predicted molar refractivity (Wildman–Crippen MR) is 84.7 cm³/mol. The third-order valence-electron chi connectivity index (χ3n) is 3.85. The van der Waals surface area contributed by atoms with Crippen LogP contribution in [0.1, 0.15) is 37.0 Å². The lowest BCUT2D eigenvalue weighted by Crippen LogP contribution is -2.46. The summed E-state index contributed by atoms with van der Waals surface area (Å²) in [4.78, 5) is 25.4. The quantitative estimate of drug-likeness (QED) is 0.848. The molecule has 6 heteroatoms. The van der Waals surface area contributed by atoms with E-state index in [1.54, 1.807) is 17.0 Å². The highest BCUT2D eigenvalue weighted by Gasteiger charge is 2.27. The molecule has 2 amide bonds. The average Bonchev–Trinajstić information content (AvgIpc) is 2.40. The van der Waals surface area contributed by atoms with E-state index in [4.69, 9.17) is 0 Å². The van der Waals surface area contributed by atoms with Crippen LogP contribution in [0.15, 0.2) is 22.7 Å². The Hall–Kier alpha value is -1.56. The minimum absolute atomic E-state index is 0.0794. The number of likely N-dealkylation sites (tertiary alicyclic amines) is 1. The number of carboxylic acid groups (broad SMARTS) is 1. The fourth-order valence-corrected chi connectivity index (χ4v) is 3.06. The van der Waals surface area contributed by atoms with Crippen molar-refractivity contribution in [3.8, 4) is 0 Å². The molecule has 0 aliphatic carbocycles. The van der Waals surface area contributed by atoms with Crippen molar-refractivity contribution in [1.29, 1.82) is 0 Å². The van der Waals surface area contributed by atoms with Crippen LogP contribution >= 0.6 is 15.9 Å². The van der Waals surface area contributed by atoms with E-state index in [9.17, 15) is 14.7 Å². The number of amides is 2. The molecular formula is C15H19BrN2O3. The number of halogens is 1. The molecule has 1 aromatic rings.